The maximum Gasteiger partial charge on any atom is 1.00 e. The van der Waals surface area contributed by atoms with Crippen molar-refractivity contribution in [1.82, 2.24) is 10.2 Å². The van der Waals surface area contributed by atoms with Crippen molar-refractivity contribution in [3.63, 3.8) is 0 Å². The van der Waals surface area contributed by atoms with Crippen LogP contribution in [0.2, 0.25) is 0 Å². The van der Waals surface area contributed by atoms with Crippen molar-refractivity contribution in [3.8, 4) is 0 Å². The fourth-order valence-electron chi connectivity index (χ4n) is 1.48. The first-order valence-corrected chi connectivity index (χ1v) is 4.25. The Morgan fingerprint density at radius 3 is 2.71 bits per heavy atom. The normalized spacial score (nSPS) is 21.2. The predicted octanol–water partition coefficient (Wildman–Crippen LogP) is -4.85. The predicted molar refractivity (Wildman–Crippen MR) is 43.3 cm³/mol. The molecule has 0 aromatic carbocycles. The van der Waals surface area contributed by atoms with Crippen molar-refractivity contribution in [2.45, 2.75) is 20.0 Å². The van der Waals surface area contributed by atoms with E-state index in [0.717, 1.165) is 0 Å². The third kappa shape index (κ3) is 3.24. The van der Waals surface area contributed by atoms with Crippen LogP contribution in [0.4, 0.5) is 0 Å². The molecule has 0 aliphatic carbocycles. The minimum Gasteiger partial charge on any atom is -0.548 e. The molecule has 6 heteroatoms. The van der Waals surface area contributed by atoms with E-state index in [-0.39, 0.29) is 60.6 Å². The third-order valence-electron chi connectivity index (χ3n) is 2.05. The Morgan fingerprint density at radius 2 is 2.29 bits per heavy atom. The van der Waals surface area contributed by atoms with Crippen molar-refractivity contribution >= 4 is 11.9 Å². The minimum atomic E-state index is -1.22. The number of carbonyl (C=O) groups excluding carboxylic acids is 2. The van der Waals surface area contributed by atoms with Crippen LogP contribution in [0.1, 0.15) is 13.8 Å². The van der Waals surface area contributed by atoms with E-state index >= 15 is 0 Å². The van der Waals surface area contributed by atoms with E-state index in [1.165, 1.54) is 4.90 Å². The first-order chi connectivity index (χ1) is 6.02. The number of nitrogens with zero attached hydrogens (tertiary/aromatic N) is 1. The number of hydrogen-bond acceptors (Lipinski definition) is 4. The second-order valence-electron chi connectivity index (χ2n) is 3.46. The molecule has 1 aliphatic heterocycles. The van der Waals surface area contributed by atoms with Crippen LogP contribution in [0.15, 0.2) is 0 Å². The van der Waals surface area contributed by atoms with Crippen LogP contribution < -0.4 is 40.0 Å². The number of amides is 1. The molecule has 0 spiro atoms. The molecular formula is C8H13N2NaO3. The number of hydrogen-bond donors (Lipinski definition) is 1. The first-order valence-electron chi connectivity index (χ1n) is 4.25. The Kier molecular flexibility index (Phi) is 5.66. The van der Waals surface area contributed by atoms with Gasteiger partial charge in [-0.1, -0.05) is 13.8 Å². The molecule has 1 aliphatic rings. The molecule has 1 atom stereocenters. The van der Waals surface area contributed by atoms with Gasteiger partial charge in [-0.2, -0.15) is 0 Å². The summed E-state index contributed by atoms with van der Waals surface area (Å²) in [4.78, 5) is 22.8. The summed E-state index contributed by atoms with van der Waals surface area (Å²) >= 11 is 0. The Hall–Kier alpha value is -0.100. The van der Waals surface area contributed by atoms with E-state index in [2.05, 4.69) is 5.32 Å². The van der Waals surface area contributed by atoms with Crippen LogP contribution >= 0.6 is 0 Å². The first kappa shape index (κ1) is 13.9. The minimum absolute atomic E-state index is 0. The van der Waals surface area contributed by atoms with Gasteiger partial charge in [0.15, 0.2) is 0 Å². The molecular weight excluding hydrogens is 195 g/mol. The topological polar surface area (TPSA) is 72.5 Å². The van der Waals surface area contributed by atoms with Crippen LogP contribution in [-0.2, 0) is 9.59 Å². The fraction of sp³-hybridized carbons (Fsp3) is 0.750. The number of rotatable bonds is 3. The quantitative estimate of drug-likeness (QED) is 0.472. The SMILES string of the molecule is CC(C)C1NCC(=O)N1CC(=O)[O-].[Na+]. The van der Waals surface area contributed by atoms with Crippen molar-refractivity contribution in [2.75, 3.05) is 13.1 Å². The Labute approximate surface area is 105 Å². The molecule has 1 heterocycles. The van der Waals surface area contributed by atoms with Crippen LogP contribution in [0.25, 0.3) is 0 Å². The van der Waals surface area contributed by atoms with Gasteiger partial charge in [0.25, 0.3) is 0 Å². The van der Waals surface area contributed by atoms with E-state index in [0.29, 0.717) is 0 Å². The summed E-state index contributed by atoms with van der Waals surface area (Å²) in [5, 5.41) is 13.3. The van der Waals surface area contributed by atoms with Crippen LogP contribution in [0.5, 0.6) is 0 Å². The van der Waals surface area contributed by atoms with Crippen LogP contribution in [0.3, 0.4) is 0 Å². The van der Waals surface area contributed by atoms with E-state index < -0.39 is 5.97 Å². The van der Waals surface area contributed by atoms with Gasteiger partial charge in [-0.15, -0.1) is 0 Å². The average molecular weight is 208 g/mol. The van der Waals surface area contributed by atoms with Crippen molar-refractivity contribution in [2.24, 2.45) is 5.92 Å². The van der Waals surface area contributed by atoms with Gasteiger partial charge >= 0.3 is 29.6 Å². The maximum absolute atomic E-state index is 11.2. The van der Waals surface area contributed by atoms with Gasteiger partial charge in [-0.25, -0.2) is 0 Å². The fourth-order valence-corrected chi connectivity index (χ4v) is 1.48. The second kappa shape index (κ2) is 5.70. The Balaban J connectivity index is 0.00000169. The third-order valence-corrected chi connectivity index (χ3v) is 2.05. The van der Waals surface area contributed by atoms with Crippen molar-refractivity contribution in [1.29, 1.82) is 0 Å². The van der Waals surface area contributed by atoms with Crippen molar-refractivity contribution in [3.05, 3.63) is 0 Å². The zero-order valence-electron chi connectivity index (χ0n) is 8.74. The molecule has 0 bridgehead atoms. The van der Waals surface area contributed by atoms with Gasteiger partial charge in [0.05, 0.1) is 25.2 Å². The van der Waals surface area contributed by atoms with Gasteiger partial charge in [0, 0.05) is 0 Å². The van der Waals surface area contributed by atoms with Crippen molar-refractivity contribution < 1.29 is 44.3 Å². The monoisotopic (exact) mass is 208 g/mol. The molecule has 5 nitrogen and oxygen atoms in total. The molecule has 0 radical (unpaired) electrons. The van der Waals surface area contributed by atoms with Crippen LogP contribution in [-0.4, -0.2) is 36.0 Å². The van der Waals surface area contributed by atoms with Gasteiger partial charge < -0.3 is 14.8 Å². The second-order valence-corrected chi connectivity index (χ2v) is 3.46. The smallest absolute Gasteiger partial charge is 0.548 e. The number of carbonyl (C=O) groups is 2. The molecule has 1 fully saturated rings. The Bertz CT molecular complexity index is 233. The average Bonchev–Trinajstić information content (AvgIpc) is 2.32. The number of carboxylic acid groups (broad SMARTS) is 1. The molecule has 1 saturated heterocycles. The zero-order chi connectivity index (χ0) is 10.0. The molecule has 1 amide bonds. The molecule has 74 valence electrons. The van der Waals surface area contributed by atoms with Gasteiger partial charge in [0.1, 0.15) is 0 Å². The molecule has 1 N–H and O–H groups in total. The molecule has 1 rings (SSSR count). The summed E-state index contributed by atoms with van der Waals surface area (Å²) in [6.07, 6.45) is -0.176. The Morgan fingerprint density at radius 1 is 1.71 bits per heavy atom. The molecule has 1 unspecified atom stereocenters. The van der Waals surface area contributed by atoms with Crippen LogP contribution in [0, 0.1) is 5.92 Å². The number of aliphatic carboxylic acids is 1. The summed E-state index contributed by atoms with van der Waals surface area (Å²) in [6, 6.07) is 0. The summed E-state index contributed by atoms with van der Waals surface area (Å²) in [5.74, 6) is -1.20. The molecule has 0 saturated carbocycles. The van der Waals surface area contributed by atoms with Gasteiger partial charge in [-0.05, 0) is 5.92 Å². The number of carboxylic acids is 1. The summed E-state index contributed by atoms with van der Waals surface area (Å²) < 4.78 is 0. The van der Waals surface area contributed by atoms with Gasteiger partial charge in [0.2, 0.25) is 5.91 Å². The van der Waals surface area contributed by atoms with Gasteiger partial charge in [-0.3, -0.25) is 10.1 Å². The number of nitrogens with one attached hydrogen (secondary N) is 1. The summed E-state index contributed by atoms with van der Waals surface area (Å²) in [7, 11) is 0. The molecule has 0 aromatic heterocycles. The summed E-state index contributed by atoms with van der Waals surface area (Å²) in [5.41, 5.74) is 0. The van der Waals surface area contributed by atoms with E-state index in [1.54, 1.807) is 0 Å². The molecule has 0 aromatic rings. The van der Waals surface area contributed by atoms with E-state index in [1.807, 2.05) is 13.8 Å². The molecule has 14 heavy (non-hydrogen) atoms. The van der Waals surface area contributed by atoms with E-state index in [9.17, 15) is 14.7 Å². The zero-order valence-corrected chi connectivity index (χ0v) is 10.7. The standard InChI is InChI=1S/C8H14N2O3.Na/c1-5(2)8-9-3-6(11)10(8)4-7(12)13;/h5,8-9H,3-4H2,1-2H3,(H,12,13);/q;+1/p-1. The largest absolute Gasteiger partial charge is 1.00 e. The van der Waals surface area contributed by atoms with E-state index in [4.69, 9.17) is 0 Å². The maximum atomic E-state index is 11.2. The summed E-state index contributed by atoms with van der Waals surface area (Å²) in [6.45, 7) is 3.75.